The molecule has 0 unspecified atom stereocenters. The van der Waals surface area contributed by atoms with E-state index in [0.29, 0.717) is 5.75 Å². The summed E-state index contributed by atoms with van der Waals surface area (Å²) in [6, 6.07) is 6.39. The van der Waals surface area contributed by atoms with Crippen LogP contribution >= 0.6 is 23.4 Å². The number of carbonyl (C=O) groups excluding carboxylic acids is 3. The van der Waals surface area contributed by atoms with Crippen molar-refractivity contribution in [2.24, 2.45) is 0 Å². The molecule has 10 nitrogen and oxygen atoms in total. The average molecular weight is 550 g/mol. The molecule has 0 bridgehead atoms. The van der Waals surface area contributed by atoms with Crippen molar-refractivity contribution in [1.29, 1.82) is 0 Å². The maximum Gasteiger partial charge on any atom is 0.573 e. The number of nitro benzene ring substituents is 1. The molecule has 1 atom stereocenters. The first-order valence-corrected chi connectivity index (χ1v) is 11.7. The molecule has 2 aromatic carbocycles. The van der Waals surface area contributed by atoms with Crippen molar-refractivity contribution >= 4 is 52.5 Å². The Labute approximate surface area is 211 Å². The predicted octanol–water partition coefficient (Wildman–Crippen LogP) is 4.18. The van der Waals surface area contributed by atoms with Gasteiger partial charge in [0, 0.05) is 17.8 Å². The number of nitro groups is 1. The van der Waals surface area contributed by atoms with E-state index >= 15 is 0 Å². The molecule has 2 aromatic rings. The van der Waals surface area contributed by atoms with Crippen molar-refractivity contribution in [1.82, 2.24) is 5.32 Å². The third-order valence-corrected chi connectivity index (χ3v) is 5.28. The number of hydrogen-bond donors (Lipinski definition) is 2. The van der Waals surface area contributed by atoms with Gasteiger partial charge in [0.25, 0.3) is 17.5 Å². The SMILES string of the molecule is CSCC[C@H](NC(=O)c1ccc([N+](=O)[O-])cc1Cl)C(=O)OCC(=O)Nc1ccc(OC(F)(F)F)cc1. The number of amides is 2. The van der Waals surface area contributed by atoms with Crippen molar-refractivity contribution in [2.45, 2.75) is 18.8 Å². The van der Waals surface area contributed by atoms with Gasteiger partial charge in [-0.25, -0.2) is 4.79 Å². The molecule has 0 saturated heterocycles. The summed E-state index contributed by atoms with van der Waals surface area (Å²) in [7, 11) is 0. The molecule has 0 aromatic heterocycles. The van der Waals surface area contributed by atoms with Crippen LogP contribution in [-0.2, 0) is 14.3 Å². The van der Waals surface area contributed by atoms with Gasteiger partial charge in [0.15, 0.2) is 6.61 Å². The molecule has 0 spiro atoms. The molecule has 0 aliphatic heterocycles. The fourth-order valence-corrected chi connectivity index (χ4v) is 3.43. The zero-order valence-electron chi connectivity index (χ0n) is 18.5. The van der Waals surface area contributed by atoms with E-state index in [1.807, 2.05) is 0 Å². The molecule has 2 N–H and O–H groups in total. The third kappa shape index (κ3) is 9.26. The lowest BCUT2D eigenvalue weighted by molar-refractivity contribution is -0.384. The Balaban J connectivity index is 1.96. The highest BCUT2D eigenvalue weighted by molar-refractivity contribution is 7.98. The summed E-state index contributed by atoms with van der Waals surface area (Å²) in [6.45, 7) is -0.733. The first-order chi connectivity index (χ1) is 16.9. The molecule has 194 valence electrons. The van der Waals surface area contributed by atoms with E-state index in [1.54, 1.807) is 6.26 Å². The number of benzene rings is 2. The van der Waals surface area contributed by atoms with Crippen molar-refractivity contribution in [2.75, 3.05) is 23.9 Å². The van der Waals surface area contributed by atoms with Crippen LogP contribution in [0.2, 0.25) is 5.02 Å². The number of nitrogens with zero attached hydrogens (tertiary/aromatic N) is 1. The minimum atomic E-state index is -4.86. The summed E-state index contributed by atoms with van der Waals surface area (Å²) in [6.07, 6.45) is -2.93. The van der Waals surface area contributed by atoms with Crippen LogP contribution in [0.25, 0.3) is 0 Å². The Bertz CT molecular complexity index is 1120. The van der Waals surface area contributed by atoms with Crippen LogP contribution in [-0.4, -0.2) is 53.7 Å². The maximum atomic E-state index is 12.6. The van der Waals surface area contributed by atoms with Crippen molar-refractivity contribution in [3.8, 4) is 5.75 Å². The van der Waals surface area contributed by atoms with E-state index in [-0.39, 0.29) is 28.4 Å². The Morgan fingerprint density at radius 3 is 2.39 bits per heavy atom. The molecule has 0 fully saturated rings. The number of nitrogens with one attached hydrogen (secondary N) is 2. The standard InChI is InChI=1S/C21H19ClF3N3O7S/c1-36-9-8-17(27-19(30)15-7-4-13(28(32)33)10-16(15)22)20(31)34-11-18(29)26-12-2-5-14(6-3-12)35-21(23,24)25/h2-7,10,17H,8-9,11H2,1H3,(H,26,29)(H,27,30)/t17-/m0/s1. The van der Waals surface area contributed by atoms with E-state index < -0.39 is 47.5 Å². The Morgan fingerprint density at radius 2 is 1.83 bits per heavy atom. The van der Waals surface area contributed by atoms with E-state index in [2.05, 4.69) is 15.4 Å². The number of carbonyl (C=O) groups is 3. The van der Waals surface area contributed by atoms with E-state index in [0.717, 1.165) is 42.5 Å². The molecule has 0 saturated carbocycles. The number of alkyl halides is 3. The maximum absolute atomic E-state index is 12.6. The summed E-state index contributed by atoms with van der Waals surface area (Å²) in [5, 5.41) is 15.4. The lowest BCUT2D eigenvalue weighted by Gasteiger charge is -2.18. The van der Waals surface area contributed by atoms with Crippen molar-refractivity contribution in [3.05, 3.63) is 63.2 Å². The second kappa shape index (κ2) is 13.0. The molecule has 0 heterocycles. The topological polar surface area (TPSA) is 137 Å². The Hall–Kier alpha value is -3.52. The normalized spacial score (nSPS) is 11.8. The van der Waals surface area contributed by atoms with Crippen LogP contribution in [0.1, 0.15) is 16.8 Å². The minimum absolute atomic E-state index is 0.0973. The largest absolute Gasteiger partial charge is 0.573 e. The fraction of sp³-hybridized carbons (Fsp3) is 0.286. The lowest BCUT2D eigenvalue weighted by Crippen LogP contribution is -2.43. The van der Waals surface area contributed by atoms with Gasteiger partial charge in [-0.15, -0.1) is 13.2 Å². The summed E-state index contributed by atoms with van der Waals surface area (Å²) < 4.78 is 45.3. The number of anilines is 1. The monoisotopic (exact) mass is 549 g/mol. The smallest absolute Gasteiger partial charge is 0.454 e. The quantitative estimate of drug-likeness (QED) is 0.242. The fourth-order valence-electron chi connectivity index (χ4n) is 2.70. The summed E-state index contributed by atoms with van der Waals surface area (Å²) >= 11 is 7.34. The number of ether oxygens (including phenoxy) is 2. The number of non-ortho nitro benzene ring substituents is 1. The highest BCUT2D eigenvalue weighted by atomic mass is 35.5. The number of rotatable bonds is 11. The van der Waals surface area contributed by atoms with E-state index in [9.17, 15) is 37.7 Å². The first kappa shape index (κ1) is 28.7. The second-order valence-corrected chi connectivity index (χ2v) is 8.35. The molecule has 0 aliphatic rings. The van der Waals surface area contributed by atoms with Gasteiger partial charge >= 0.3 is 12.3 Å². The van der Waals surface area contributed by atoms with E-state index in [1.165, 1.54) is 11.8 Å². The molecule has 0 radical (unpaired) electrons. The summed E-state index contributed by atoms with van der Waals surface area (Å²) in [5.41, 5.74) is -0.283. The molecule has 2 rings (SSSR count). The van der Waals surface area contributed by atoms with Gasteiger partial charge < -0.3 is 20.1 Å². The summed E-state index contributed by atoms with van der Waals surface area (Å²) in [5.74, 6) is -2.50. The number of thioether (sulfide) groups is 1. The van der Waals surface area contributed by atoms with Crippen LogP contribution < -0.4 is 15.4 Å². The van der Waals surface area contributed by atoms with Crippen LogP contribution in [0.3, 0.4) is 0 Å². The average Bonchev–Trinajstić information content (AvgIpc) is 2.80. The second-order valence-electron chi connectivity index (χ2n) is 6.96. The number of esters is 1. The lowest BCUT2D eigenvalue weighted by atomic mass is 10.1. The number of hydrogen-bond acceptors (Lipinski definition) is 8. The molecule has 15 heteroatoms. The Kier molecular flexibility index (Phi) is 10.3. The van der Waals surface area contributed by atoms with Gasteiger partial charge in [-0.3, -0.25) is 19.7 Å². The van der Waals surface area contributed by atoms with Gasteiger partial charge in [0.05, 0.1) is 15.5 Å². The van der Waals surface area contributed by atoms with Crippen LogP contribution in [0, 0.1) is 10.1 Å². The summed E-state index contributed by atoms with van der Waals surface area (Å²) in [4.78, 5) is 47.3. The zero-order chi connectivity index (χ0) is 26.9. The van der Waals surface area contributed by atoms with Gasteiger partial charge in [-0.05, 0) is 48.8 Å². The molecule has 0 aliphatic carbocycles. The van der Waals surface area contributed by atoms with Gasteiger partial charge in [0.1, 0.15) is 11.8 Å². The predicted molar refractivity (Wildman–Crippen MR) is 125 cm³/mol. The van der Waals surface area contributed by atoms with Crippen LogP contribution in [0.4, 0.5) is 24.5 Å². The van der Waals surface area contributed by atoms with Gasteiger partial charge in [-0.2, -0.15) is 11.8 Å². The van der Waals surface area contributed by atoms with Crippen LogP contribution in [0.5, 0.6) is 5.75 Å². The Morgan fingerprint density at radius 1 is 1.17 bits per heavy atom. The third-order valence-electron chi connectivity index (χ3n) is 4.33. The van der Waals surface area contributed by atoms with Crippen molar-refractivity contribution in [3.63, 3.8) is 0 Å². The molecular formula is C21H19ClF3N3O7S. The highest BCUT2D eigenvalue weighted by Crippen LogP contribution is 2.24. The first-order valence-electron chi connectivity index (χ1n) is 9.95. The molecule has 36 heavy (non-hydrogen) atoms. The van der Waals surface area contributed by atoms with E-state index in [4.69, 9.17) is 16.3 Å². The minimum Gasteiger partial charge on any atom is -0.454 e. The molecule has 2 amide bonds. The highest BCUT2D eigenvalue weighted by Gasteiger charge is 2.31. The van der Waals surface area contributed by atoms with Gasteiger partial charge in [-0.1, -0.05) is 11.6 Å². The number of halogens is 4. The van der Waals surface area contributed by atoms with Crippen LogP contribution in [0.15, 0.2) is 42.5 Å². The van der Waals surface area contributed by atoms with Crippen molar-refractivity contribution < 1.29 is 42.0 Å². The molecular weight excluding hydrogens is 531 g/mol. The zero-order valence-corrected chi connectivity index (χ0v) is 20.0. The van der Waals surface area contributed by atoms with Gasteiger partial charge in [0.2, 0.25) is 0 Å².